The van der Waals surface area contributed by atoms with E-state index in [4.69, 9.17) is 0 Å². The van der Waals surface area contributed by atoms with Crippen LogP contribution in [0, 0.1) is 0 Å². The molecule has 0 radical (unpaired) electrons. The van der Waals surface area contributed by atoms with E-state index in [0.717, 1.165) is 19.0 Å². The summed E-state index contributed by atoms with van der Waals surface area (Å²) in [5.74, 6) is 0. The third-order valence-corrected chi connectivity index (χ3v) is 4.85. The van der Waals surface area contributed by atoms with E-state index in [0.29, 0.717) is 6.04 Å². The molecule has 4 heteroatoms. The van der Waals surface area contributed by atoms with Gasteiger partial charge in [0.05, 0.1) is 6.61 Å². The second-order valence-corrected chi connectivity index (χ2v) is 7.25. The Morgan fingerprint density at radius 3 is 2.70 bits per heavy atom. The summed E-state index contributed by atoms with van der Waals surface area (Å²) < 4.78 is 0. The average molecular weight is 283 g/mol. The van der Waals surface area contributed by atoms with Crippen molar-refractivity contribution in [1.82, 2.24) is 15.1 Å². The van der Waals surface area contributed by atoms with Crippen LogP contribution in [0.4, 0.5) is 0 Å². The van der Waals surface area contributed by atoms with Crippen LogP contribution < -0.4 is 5.32 Å². The Bertz CT molecular complexity index is 297. The highest BCUT2D eigenvalue weighted by molar-refractivity contribution is 4.88. The van der Waals surface area contributed by atoms with Crippen molar-refractivity contribution in [2.75, 3.05) is 39.3 Å². The van der Waals surface area contributed by atoms with Crippen LogP contribution in [0.15, 0.2) is 0 Å². The molecule has 20 heavy (non-hydrogen) atoms. The molecular formula is C16H33N3O. The normalized spacial score (nSPS) is 28.4. The van der Waals surface area contributed by atoms with E-state index in [1.165, 1.54) is 45.4 Å². The lowest BCUT2D eigenvalue weighted by molar-refractivity contribution is 0.134. The van der Waals surface area contributed by atoms with E-state index in [1.807, 2.05) is 0 Å². The number of hydrogen-bond acceptors (Lipinski definition) is 4. The number of nitrogens with one attached hydrogen (secondary N) is 1. The van der Waals surface area contributed by atoms with Gasteiger partial charge in [-0.05, 0) is 52.2 Å². The zero-order valence-corrected chi connectivity index (χ0v) is 13.6. The van der Waals surface area contributed by atoms with E-state index in [2.05, 4.69) is 35.9 Å². The number of aliphatic hydroxyl groups is 1. The highest BCUT2D eigenvalue weighted by atomic mass is 16.3. The van der Waals surface area contributed by atoms with Crippen LogP contribution in [0.3, 0.4) is 0 Å². The van der Waals surface area contributed by atoms with Gasteiger partial charge in [-0.1, -0.05) is 13.8 Å². The first-order valence-electron chi connectivity index (χ1n) is 8.37. The highest BCUT2D eigenvalue weighted by Crippen LogP contribution is 2.22. The quantitative estimate of drug-likeness (QED) is 0.771. The topological polar surface area (TPSA) is 38.7 Å². The van der Waals surface area contributed by atoms with Gasteiger partial charge in [0.25, 0.3) is 0 Å². The fraction of sp³-hybridized carbons (Fsp3) is 1.00. The Hall–Kier alpha value is -0.160. The second-order valence-electron chi connectivity index (χ2n) is 7.25. The van der Waals surface area contributed by atoms with Crippen molar-refractivity contribution >= 4 is 0 Å². The van der Waals surface area contributed by atoms with Crippen molar-refractivity contribution in [2.24, 2.45) is 0 Å². The Balaban J connectivity index is 1.82. The monoisotopic (exact) mass is 283 g/mol. The van der Waals surface area contributed by atoms with E-state index in [1.54, 1.807) is 0 Å². The van der Waals surface area contributed by atoms with Crippen LogP contribution in [0.1, 0.15) is 46.5 Å². The minimum Gasteiger partial charge on any atom is -0.394 e. The molecule has 118 valence electrons. The first-order chi connectivity index (χ1) is 9.52. The molecule has 0 aromatic carbocycles. The Labute approximate surface area is 124 Å². The van der Waals surface area contributed by atoms with Gasteiger partial charge in [-0.3, -0.25) is 4.90 Å². The van der Waals surface area contributed by atoms with Crippen LogP contribution in [0.5, 0.6) is 0 Å². The lowest BCUT2D eigenvalue weighted by atomic mass is 9.97. The molecule has 2 unspecified atom stereocenters. The van der Waals surface area contributed by atoms with Gasteiger partial charge in [0.1, 0.15) is 0 Å². The fourth-order valence-electron chi connectivity index (χ4n) is 3.78. The number of rotatable bonds is 6. The molecule has 0 amide bonds. The van der Waals surface area contributed by atoms with Crippen LogP contribution in [0.25, 0.3) is 0 Å². The molecule has 2 rings (SSSR count). The smallest absolute Gasteiger partial charge is 0.0611 e. The molecule has 0 aromatic rings. The molecule has 2 heterocycles. The van der Waals surface area contributed by atoms with Gasteiger partial charge in [-0.2, -0.15) is 0 Å². The molecular weight excluding hydrogens is 250 g/mol. The lowest BCUT2D eigenvalue weighted by Crippen LogP contribution is -2.51. The Morgan fingerprint density at radius 1 is 1.25 bits per heavy atom. The van der Waals surface area contributed by atoms with Crippen molar-refractivity contribution in [2.45, 2.75) is 64.1 Å². The average Bonchev–Trinajstić information content (AvgIpc) is 2.74. The van der Waals surface area contributed by atoms with Gasteiger partial charge in [-0.15, -0.1) is 0 Å². The predicted molar refractivity (Wildman–Crippen MR) is 84.0 cm³/mol. The molecule has 0 spiro atoms. The van der Waals surface area contributed by atoms with E-state index < -0.39 is 0 Å². The minimum absolute atomic E-state index is 0.143. The van der Waals surface area contributed by atoms with Gasteiger partial charge in [0, 0.05) is 30.7 Å². The summed E-state index contributed by atoms with van der Waals surface area (Å²) >= 11 is 0. The molecule has 2 atom stereocenters. The maximum atomic E-state index is 9.68. The molecule has 2 aliphatic heterocycles. The van der Waals surface area contributed by atoms with E-state index in [-0.39, 0.29) is 12.1 Å². The van der Waals surface area contributed by atoms with Gasteiger partial charge >= 0.3 is 0 Å². The number of aliphatic hydroxyl groups excluding tert-OH is 1. The molecule has 4 nitrogen and oxygen atoms in total. The van der Waals surface area contributed by atoms with Crippen molar-refractivity contribution in [3.8, 4) is 0 Å². The van der Waals surface area contributed by atoms with Crippen molar-refractivity contribution in [3.05, 3.63) is 0 Å². The zero-order valence-electron chi connectivity index (χ0n) is 13.6. The molecule has 0 aliphatic carbocycles. The molecule has 0 bridgehead atoms. The van der Waals surface area contributed by atoms with E-state index >= 15 is 0 Å². The van der Waals surface area contributed by atoms with Crippen molar-refractivity contribution in [1.29, 1.82) is 0 Å². The maximum Gasteiger partial charge on any atom is 0.0611 e. The summed E-state index contributed by atoms with van der Waals surface area (Å²) in [6.07, 6.45) is 5.07. The lowest BCUT2D eigenvalue weighted by Gasteiger charge is -2.34. The summed E-state index contributed by atoms with van der Waals surface area (Å²) in [5, 5.41) is 13.2. The van der Waals surface area contributed by atoms with Crippen LogP contribution in [-0.4, -0.2) is 71.9 Å². The third-order valence-electron chi connectivity index (χ3n) is 4.85. The van der Waals surface area contributed by atoms with Crippen molar-refractivity contribution in [3.63, 3.8) is 0 Å². The summed E-state index contributed by atoms with van der Waals surface area (Å²) in [6.45, 7) is 12.8. The Morgan fingerprint density at radius 2 is 2.00 bits per heavy atom. The standard InChI is InChI=1S/C16H33N3O/c1-14(2)17-16(3,13-20)7-11-18-8-5-10-19-9-4-6-15(19)12-18/h14-15,17,20H,4-13H2,1-3H3. The molecule has 2 fully saturated rings. The summed E-state index contributed by atoms with van der Waals surface area (Å²) in [5.41, 5.74) is -0.143. The molecule has 0 saturated carbocycles. The van der Waals surface area contributed by atoms with E-state index in [9.17, 15) is 5.11 Å². The van der Waals surface area contributed by atoms with Gasteiger partial charge in [0.15, 0.2) is 0 Å². The summed E-state index contributed by atoms with van der Waals surface area (Å²) in [6, 6.07) is 1.21. The van der Waals surface area contributed by atoms with Crippen LogP contribution in [-0.2, 0) is 0 Å². The zero-order chi connectivity index (χ0) is 14.6. The van der Waals surface area contributed by atoms with Crippen LogP contribution >= 0.6 is 0 Å². The summed E-state index contributed by atoms with van der Waals surface area (Å²) in [4.78, 5) is 5.30. The molecule has 2 saturated heterocycles. The Kier molecular flexibility index (Phi) is 5.84. The van der Waals surface area contributed by atoms with Gasteiger partial charge < -0.3 is 15.3 Å². The minimum atomic E-state index is -0.143. The number of fused-ring (bicyclic) bond motifs is 1. The van der Waals surface area contributed by atoms with Crippen molar-refractivity contribution < 1.29 is 5.11 Å². The van der Waals surface area contributed by atoms with Gasteiger partial charge in [-0.25, -0.2) is 0 Å². The molecule has 2 aliphatic rings. The fourth-order valence-corrected chi connectivity index (χ4v) is 3.78. The largest absolute Gasteiger partial charge is 0.394 e. The molecule has 2 N–H and O–H groups in total. The number of nitrogens with zero attached hydrogens (tertiary/aromatic N) is 2. The first kappa shape index (κ1) is 16.2. The molecule has 0 aromatic heterocycles. The van der Waals surface area contributed by atoms with Gasteiger partial charge in [0.2, 0.25) is 0 Å². The SMILES string of the molecule is CC(C)NC(C)(CO)CCN1CCCN2CCCC2C1. The van der Waals surface area contributed by atoms with Crippen LogP contribution in [0.2, 0.25) is 0 Å². The first-order valence-corrected chi connectivity index (χ1v) is 8.37. The second kappa shape index (κ2) is 7.21. The third kappa shape index (κ3) is 4.42. The summed E-state index contributed by atoms with van der Waals surface area (Å²) in [7, 11) is 0. The maximum absolute atomic E-state index is 9.68. The highest BCUT2D eigenvalue weighted by Gasteiger charge is 2.30. The number of hydrogen-bond donors (Lipinski definition) is 2. The predicted octanol–water partition coefficient (Wildman–Crippen LogP) is 1.30.